The van der Waals surface area contributed by atoms with Crippen molar-refractivity contribution in [3.63, 3.8) is 0 Å². The molecule has 0 fully saturated rings. The molecule has 1 aromatic rings. The van der Waals surface area contributed by atoms with Crippen LogP contribution in [0.1, 0.15) is 16.8 Å². The van der Waals surface area contributed by atoms with Crippen molar-refractivity contribution in [3.05, 3.63) is 48.7 Å². The SMILES string of the molecule is C=CN(C)C(=O)CC(=O)c1ccccc1. The highest BCUT2D eigenvalue weighted by Crippen LogP contribution is 2.04. The number of ketones is 1. The van der Waals surface area contributed by atoms with E-state index in [0.717, 1.165) is 0 Å². The van der Waals surface area contributed by atoms with E-state index >= 15 is 0 Å². The Hall–Kier alpha value is -1.90. The topological polar surface area (TPSA) is 37.4 Å². The van der Waals surface area contributed by atoms with Gasteiger partial charge in [0.25, 0.3) is 0 Å². The van der Waals surface area contributed by atoms with E-state index in [0.29, 0.717) is 5.56 Å². The highest BCUT2D eigenvalue weighted by Gasteiger charge is 2.13. The monoisotopic (exact) mass is 203 g/mol. The summed E-state index contributed by atoms with van der Waals surface area (Å²) in [6.07, 6.45) is 1.27. The van der Waals surface area contributed by atoms with Gasteiger partial charge < -0.3 is 4.90 Å². The quantitative estimate of drug-likeness (QED) is 0.553. The largest absolute Gasteiger partial charge is 0.322 e. The van der Waals surface area contributed by atoms with Crippen molar-refractivity contribution < 1.29 is 9.59 Å². The first kappa shape index (κ1) is 11.2. The molecule has 1 amide bonds. The van der Waals surface area contributed by atoms with Crippen LogP contribution in [0.15, 0.2) is 43.1 Å². The van der Waals surface area contributed by atoms with E-state index < -0.39 is 0 Å². The Morgan fingerprint density at radius 2 is 1.93 bits per heavy atom. The molecule has 0 bridgehead atoms. The van der Waals surface area contributed by atoms with Gasteiger partial charge in [-0.15, -0.1) is 0 Å². The number of nitrogens with zero attached hydrogens (tertiary/aromatic N) is 1. The lowest BCUT2D eigenvalue weighted by Crippen LogP contribution is -2.23. The predicted molar refractivity (Wildman–Crippen MR) is 58.4 cm³/mol. The highest BCUT2D eigenvalue weighted by molar-refractivity contribution is 6.07. The van der Waals surface area contributed by atoms with E-state index in [1.807, 2.05) is 6.07 Å². The van der Waals surface area contributed by atoms with Gasteiger partial charge in [0.2, 0.25) is 5.91 Å². The van der Waals surface area contributed by atoms with Gasteiger partial charge in [0.15, 0.2) is 5.78 Å². The molecule has 0 spiro atoms. The summed E-state index contributed by atoms with van der Waals surface area (Å²) in [5.74, 6) is -0.423. The molecule has 15 heavy (non-hydrogen) atoms. The number of amides is 1. The summed E-state index contributed by atoms with van der Waals surface area (Å²) < 4.78 is 0. The van der Waals surface area contributed by atoms with Crippen molar-refractivity contribution in [2.24, 2.45) is 0 Å². The fraction of sp³-hybridized carbons (Fsp3) is 0.167. The van der Waals surface area contributed by atoms with Crippen molar-refractivity contribution in [2.75, 3.05) is 7.05 Å². The number of Topliss-reactive ketones (excluding diaryl/α,β-unsaturated/α-hetero) is 1. The van der Waals surface area contributed by atoms with Crippen molar-refractivity contribution in [2.45, 2.75) is 6.42 Å². The first-order valence-electron chi connectivity index (χ1n) is 4.61. The molecule has 0 radical (unpaired) electrons. The minimum absolute atomic E-state index is 0.119. The molecule has 0 N–H and O–H groups in total. The number of hydrogen-bond acceptors (Lipinski definition) is 2. The van der Waals surface area contributed by atoms with E-state index in [-0.39, 0.29) is 18.1 Å². The highest BCUT2D eigenvalue weighted by atomic mass is 16.2. The molecule has 0 aliphatic carbocycles. The normalized spacial score (nSPS) is 9.40. The molecule has 0 saturated heterocycles. The van der Waals surface area contributed by atoms with Crippen LogP contribution in [0.25, 0.3) is 0 Å². The Morgan fingerprint density at radius 3 is 2.47 bits per heavy atom. The lowest BCUT2D eigenvalue weighted by molar-refractivity contribution is -0.126. The molecule has 0 aliphatic rings. The number of hydrogen-bond donors (Lipinski definition) is 0. The van der Waals surface area contributed by atoms with Crippen LogP contribution in [0, 0.1) is 0 Å². The molecule has 0 unspecified atom stereocenters. The fourth-order valence-corrected chi connectivity index (χ4v) is 1.09. The van der Waals surface area contributed by atoms with Crippen LogP contribution in [0.3, 0.4) is 0 Å². The van der Waals surface area contributed by atoms with Crippen LogP contribution in [-0.2, 0) is 4.79 Å². The zero-order valence-electron chi connectivity index (χ0n) is 8.64. The maximum absolute atomic E-state index is 11.6. The van der Waals surface area contributed by atoms with Gasteiger partial charge in [-0.1, -0.05) is 36.9 Å². The smallest absolute Gasteiger partial charge is 0.234 e. The number of rotatable bonds is 4. The molecule has 3 heteroatoms. The summed E-state index contributed by atoms with van der Waals surface area (Å²) in [6.45, 7) is 3.46. The molecule has 0 atom stereocenters. The fourth-order valence-electron chi connectivity index (χ4n) is 1.09. The first-order chi connectivity index (χ1) is 7.15. The lowest BCUT2D eigenvalue weighted by Gasteiger charge is -2.10. The van der Waals surface area contributed by atoms with Crippen LogP contribution in [-0.4, -0.2) is 23.6 Å². The second-order valence-electron chi connectivity index (χ2n) is 3.15. The summed E-state index contributed by atoms with van der Waals surface area (Å²) in [4.78, 5) is 24.3. The van der Waals surface area contributed by atoms with Gasteiger partial charge in [-0.25, -0.2) is 0 Å². The molecular weight excluding hydrogens is 190 g/mol. The second-order valence-corrected chi connectivity index (χ2v) is 3.15. The summed E-state index contributed by atoms with van der Waals surface area (Å²) in [5.41, 5.74) is 0.559. The second kappa shape index (κ2) is 5.10. The van der Waals surface area contributed by atoms with Crippen LogP contribution in [0.4, 0.5) is 0 Å². The average molecular weight is 203 g/mol. The van der Waals surface area contributed by atoms with Crippen molar-refractivity contribution >= 4 is 11.7 Å². The zero-order valence-corrected chi connectivity index (χ0v) is 8.64. The van der Waals surface area contributed by atoms with Crippen molar-refractivity contribution in [1.29, 1.82) is 0 Å². The Bertz CT molecular complexity index is 370. The molecule has 78 valence electrons. The summed E-state index contributed by atoms with van der Waals surface area (Å²) in [7, 11) is 1.58. The minimum Gasteiger partial charge on any atom is -0.322 e. The van der Waals surface area contributed by atoms with Gasteiger partial charge in [-0.2, -0.15) is 0 Å². The van der Waals surface area contributed by atoms with Gasteiger partial charge in [-0.05, 0) is 6.20 Å². The third-order valence-electron chi connectivity index (χ3n) is 2.07. The Morgan fingerprint density at radius 1 is 1.33 bits per heavy atom. The Kier molecular flexibility index (Phi) is 3.80. The van der Waals surface area contributed by atoms with Crippen LogP contribution < -0.4 is 0 Å². The average Bonchev–Trinajstić information content (AvgIpc) is 2.29. The maximum Gasteiger partial charge on any atom is 0.234 e. The summed E-state index contributed by atoms with van der Waals surface area (Å²) in [6, 6.07) is 8.77. The van der Waals surface area contributed by atoms with Crippen LogP contribution in [0.5, 0.6) is 0 Å². The molecular formula is C12H13NO2. The zero-order chi connectivity index (χ0) is 11.3. The van der Waals surface area contributed by atoms with Gasteiger partial charge in [0, 0.05) is 12.6 Å². The molecule has 0 heterocycles. The first-order valence-corrected chi connectivity index (χ1v) is 4.61. The van der Waals surface area contributed by atoms with Gasteiger partial charge >= 0.3 is 0 Å². The van der Waals surface area contributed by atoms with E-state index in [2.05, 4.69) is 6.58 Å². The molecule has 0 aliphatic heterocycles. The molecule has 3 nitrogen and oxygen atoms in total. The number of carbonyl (C=O) groups is 2. The summed E-state index contributed by atoms with van der Waals surface area (Å²) >= 11 is 0. The summed E-state index contributed by atoms with van der Waals surface area (Å²) in [5, 5.41) is 0. The third kappa shape index (κ3) is 3.06. The molecule has 0 saturated carbocycles. The lowest BCUT2D eigenvalue weighted by atomic mass is 10.1. The molecule has 1 aromatic carbocycles. The maximum atomic E-state index is 11.6. The van der Waals surface area contributed by atoms with E-state index in [4.69, 9.17) is 0 Å². The predicted octanol–water partition coefficient (Wildman–Crippen LogP) is 1.86. The number of carbonyl (C=O) groups excluding carboxylic acids is 2. The van der Waals surface area contributed by atoms with E-state index in [1.165, 1.54) is 11.1 Å². The van der Waals surface area contributed by atoms with E-state index in [9.17, 15) is 9.59 Å². The third-order valence-corrected chi connectivity index (χ3v) is 2.07. The molecule has 1 rings (SSSR count). The van der Waals surface area contributed by atoms with Crippen LogP contribution in [0.2, 0.25) is 0 Å². The number of benzene rings is 1. The Balaban J connectivity index is 2.65. The minimum atomic E-state index is -0.251. The Labute approximate surface area is 89.0 Å². The molecule has 0 aromatic heterocycles. The van der Waals surface area contributed by atoms with Crippen LogP contribution >= 0.6 is 0 Å². The van der Waals surface area contributed by atoms with Crippen molar-refractivity contribution in [1.82, 2.24) is 4.90 Å². The standard InChI is InChI=1S/C12H13NO2/c1-3-13(2)12(15)9-11(14)10-7-5-4-6-8-10/h3-8H,1,9H2,2H3. The van der Waals surface area contributed by atoms with Crippen molar-refractivity contribution in [3.8, 4) is 0 Å². The van der Waals surface area contributed by atoms with Gasteiger partial charge in [0.05, 0.1) is 6.42 Å². The van der Waals surface area contributed by atoms with Gasteiger partial charge in [-0.3, -0.25) is 9.59 Å². The van der Waals surface area contributed by atoms with Gasteiger partial charge in [0.1, 0.15) is 0 Å². The van der Waals surface area contributed by atoms with E-state index in [1.54, 1.807) is 31.3 Å².